The molecule has 34 heavy (non-hydrogen) atoms. The Kier molecular flexibility index (Phi) is 6.14. The summed E-state index contributed by atoms with van der Waals surface area (Å²) in [5, 5.41) is 0. The highest BCUT2D eigenvalue weighted by Gasteiger charge is 2.45. The highest BCUT2D eigenvalue weighted by atomic mass is 14.5. The fourth-order valence-electron chi connectivity index (χ4n) is 5.31. The zero-order valence-electron chi connectivity index (χ0n) is 19.9. The van der Waals surface area contributed by atoms with Gasteiger partial charge < -0.3 is 0 Å². The van der Waals surface area contributed by atoms with Gasteiger partial charge in [-0.3, -0.25) is 0 Å². The topological polar surface area (TPSA) is 0 Å². The van der Waals surface area contributed by atoms with Crippen molar-refractivity contribution in [2.24, 2.45) is 0 Å². The van der Waals surface area contributed by atoms with Gasteiger partial charge in [0.05, 0.1) is 5.41 Å². The maximum absolute atomic E-state index is 2.31. The molecule has 5 rings (SSSR count). The normalized spacial score (nSPS) is 11.5. The summed E-state index contributed by atoms with van der Waals surface area (Å²) in [5.74, 6) is 0.0842. The molecule has 0 radical (unpaired) electrons. The second-order valence-corrected chi connectivity index (χ2v) is 9.16. The van der Waals surface area contributed by atoms with E-state index in [1.54, 1.807) is 0 Å². The first-order valence-electron chi connectivity index (χ1n) is 12.0. The Morgan fingerprint density at radius 3 is 0.971 bits per heavy atom. The molecule has 0 spiro atoms. The molecule has 0 heterocycles. The monoisotopic (exact) mass is 438 g/mol. The van der Waals surface area contributed by atoms with Crippen LogP contribution >= 0.6 is 0 Å². The summed E-state index contributed by atoms with van der Waals surface area (Å²) in [6, 6.07) is 51.2. The van der Waals surface area contributed by atoms with Gasteiger partial charge in [-0.2, -0.15) is 0 Å². The summed E-state index contributed by atoms with van der Waals surface area (Å²) in [7, 11) is 0. The maximum Gasteiger partial charge on any atom is 0.0560 e. The lowest BCUT2D eigenvalue weighted by Crippen LogP contribution is -2.37. The first-order valence-corrected chi connectivity index (χ1v) is 12.0. The Hall–Kier alpha value is -3.90. The van der Waals surface area contributed by atoms with Crippen molar-refractivity contribution in [3.05, 3.63) is 178 Å². The van der Waals surface area contributed by atoms with E-state index in [2.05, 4.69) is 153 Å². The van der Waals surface area contributed by atoms with Gasteiger partial charge in [-0.05, 0) is 41.7 Å². The minimum Gasteiger partial charge on any atom is -0.0622 e. The lowest BCUT2D eigenvalue weighted by Gasteiger charge is -2.43. The maximum atomic E-state index is 2.31. The molecule has 0 amide bonds. The predicted octanol–water partition coefficient (Wildman–Crippen LogP) is 8.47. The Morgan fingerprint density at radius 2 is 0.676 bits per heavy atom. The van der Waals surface area contributed by atoms with Gasteiger partial charge in [0.2, 0.25) is 0 Å². The molecular formula is C34H30. The van der Waals surface area contributed by atoms with Gasteiger partial charge in [0, 0.05) is 5.92 Å². The Bertz CT molecular complexity index is 1170. The van der Waals surface area contributed by atoms with E-state index < -0.39 is 5.41 Å². The van der Waals surface area contributed by atoms with E-state index >= 15 is 0 Å². The Morgan fingerprint density at radius 1 is 0.382 bits per heavy atom. The van der Waals surface area contributed by atoms with Crippen molar-refractivity contribution in [2.45, 2.75) is 25.2 Å². The second kappa shape index (κ2) is 9.53. The molecule has 0 N–H and O–H groups in total. The number of rotatable bonds is 6. The van der Waals surface area contributed by atoms with Crippen molar-refractivity contribution in [3.8, 4) is 0 Å². The average molecular weight is 439 g/mol. The summed E-state index contributed by atoms with van der Waals surface area (Å²) in [6.07, 6.45) is 0. The van der Waals surface area contributed by atoms with E-state index in [9.17, 15) is 0 Å². The third-order valence-corrected chi connectivity index (χ3v) is 6.94. The van der Waals surface area contributed by atoms with E-state index in [0.717, 1.165) is 0 Å². The molecule has 0 heteroatoms. The molecule has 0 aliphatic rings. The van der Waals surface area contributed by atoms with Crippen LogP contribution in [0.4, 0.5) is 0 Å². The first-order chi connectivity index (χ1) is 16.7. The molecule has 0 aliphatic carbocycles. The summed E-state index contributed by atoms with van der Waals surface area (Å²) in [4.78, 5) is 0. The van der Waals surface area contributed by atoms with Crippen LogP contribution in [-0.2, 0) is 5.41 Å². The van der Waals surface area contributed by atoms with Crippen molar-refractivity contribution >= 4 is 0 Å². The highest BCUT2D eigenvalue weighted by molar-refractivity contribution is 5.58. The van der Waals surface area contributed by atoms with E-state index in [1.165, 1.54) is 38.9 Å². The molecule has 0 unspecified atom stereocenters. The van der Waals surface area contributed by atoms with Gasteiger partial charge in [0.15, 0.2) is 0 Å². The molecule has 0 fully saturated rings. The van der Waals surface area contributed by atoms with Gasteiger partial charge in [-0.1, -0.05) is 151 Å². The molecule has 0 aliphatic heterocycles. The number of hydrogen-bond donors (Lipinski definition) is 0. The highest BCUT2D eigenvalue weighted by Crippen LogP contribution is 2.52. The summed E-state index contributed by atoms with van der Waals surface area (Å²) < 4.78 is 0. The van der Waals surface area contributed by atoms with Crippen molar-refractivity contribution in [1.29, 1.82) is 0 Å². The van der Waals surface area contributed by atoms with Crippen LogP contribution < -0.4 is 0 Å². The van der Waals surface area contributed by atoms with E-state index in [1.807, 2.05) is 0 Å². The molecular weight excluding hydrogens is 408 g/mol. The Balaban J connectivity index is 1.93. The molecule has 5 aromatic rings. The smallest absolute Gasteiger partial charge is 0.0560 e. The largest absolute Gasteiger partial charge is 0.0622 e. The van der Waals surface area contributed by atoms with Gasteiger partial charge in [0.25, 0.3) is 0 Å². The van der Waals surface area contributed by atoms with Crippen molar-refractivity contribution in [3.63, 3.8) is 0 Å². The molecule has 5 aromatic carbocycles. The third-order valence-electron chi connectivity index (χ3n) is 6.94. The quantitative estimate of drug-likeness (QED) is 0.233. The summed E-state index contributed by atoms with van der Waals surface area (Å²) >= 11 is 0. The number of aryl methyl sites for hydroxylation is 2. The van der Waals surface area contributed by atoms with Gasteiger partial charge in [-0.25, -0.2) is 0 Å². The zero-order valence-corrected chi connectivity index (χ0v) is 19.9. The van der Waals surface area contributed by atoms with Crippen LogP contribution in [0.2, 0.25) is 0 Å². The lowest BCUT2D eigenvalue weighted by molar-refractivity contribution is 0.537. The third kappa shape index (κ3) is 3.97. The van der Waals surface area contributed by atoms with Crippen molar-refractivity contribution < 1.29 is 0 Å². The van der Waals surface area contributed by atoms with Crippen LogP contribution in [0.3, 0.4) is 0 Å². The molecule has 0 atom stereocenters. The fraction of sp³-hybridized carbons (Fsp3) is 0.118. The molecule has 0 saturated carbocycles. The zero-order chi connectivity index (χ0) is 23.4. The second-order valence-electron chi connectivity index (χ2n) is 9.16. The van der Waals surface area contributed by atoms with Crippen molar-refractivity contribution in [1.82, 2.24) is 0 Å². The SMILES string of the molecule is Cc1ccc(C(c2ccc(C)cc2)C(c2ccccc2)(c2ccccc2)c2ccccc2)cc1. The molecule has 166 valence electrons. The van der Waals surface area contributed by atoms with Crippen LogP contribution in [-0.4, -0.2) is 0 Å². The molecule has 0 aromatic heterocycles. The van der Waals surface area contributed by atoms with Crippen LogP contribution in [0.25, 0.3) is 0 Å². The predicted molar refractivity (Wildman–Crippen MR) is 143 cm³/mol. The van der Waals surface area contributed by atoms with Crippen molar-refractivity contribution in [2.75, 3.05) is 0 Å². The van der Waals surface area contributed by atoms with Crippen LogP contribution in [0.5, 0.6) is 0 Å². The van der Waals surface area contributed by atoms with E-state index in [4.69, 9.17) is 0 Å². The van der Waals surface area contributed by atoms with Crippen LogP contribution in [0.15, 0.2) is 140 Å². The van der Waals surface area contributed by atoms with Crippen LogP contribution in [0.1, 0.15) is 44.9 Å². The van der Waals surface area contributed by atoms with E-state index in [0.29, 0.717) is 0 Å². The first kappa shape index (κ1) is 21.9. The number of hydrogen-bond acceptors (Lipinski definition) is 0. The molecule has 0 nitrogen and oxygen atoms in total. The summed E-state index contributed by atoms with van der Waals surface area (Å²) in [5.41, 5.74) is 8.63. The average Bonchev–Trinajstić information content (AvgIpc) is 2.90. The fourth-order valence-corrected chi connectivity index (χ4v) is 5.31. The van der Waals surface area contributed by atoms with Crippen LogP contribution in [0, 0.1) is 13.8 Å². The minimum atomic E-state index is -0.408. The standard InChI is InChI=1S/C34H30/c1-26-18-22-28(23-19-26)33(29-24-20-27(2)21-25-29)34(30-12-6-3-7-13-30,31-14-8-4-9-15-31)32-16-10-5-11-17-32/h3-25,33H,1-2H3. The molecule has 0 bridgehead atoms. The van der Waals surface area contributed by atoms with Gasteiger partial charge in [-0.15, -0.1) is 0 Å². The number of benzene rings is 5. The van der Waals surface area contributed by atoms with Gasteiger partial charge in [0.1, 0.15) is 0 Å². The minimum absolute atomic E-state index is 0.0842. The summed E-state index contributed by atoms with van der Waals surface area (Å²) in [6.45, 7) is 4.31. The van der Waals surface area contributed by atoms with Gasteiger partial charge >= 0.3 is 0 Å². The molecule has 0 saturated heterocycles. The van der Waals surface area contributed by atoms with E-state index in [-0.39, 0.29) is 5.92 Å². The lowest BCUT2D eigenvalue weighted by atomic mass is 9.58. The Labute approximate surface area is 203 Å².